The van der Waals surface area contributed by atoms with Crippen LogP contribution in [0.1, 0.15) is 5.56 Å². The summed E-state index contributed by atoms with van der Waals surface area (Å²) in [6.45, 7) is 0.570. The Balaban J connectivity index is 1.96. The molecule has 3 nitrogen and oxygen atoms in total. The van der Waals surface area contributed by atoms with Crippen LogP contribution in [0.4, 0.5) is 10.1 Å². The van der Waals surface area contributed by atoms with E-state index in [2.05, 4.69) is 21.0 Å². The maximum atomic E-state index is 13.8. The number of anilines is 1. The van der Waals surface area contributed by atoms with Gasteiger partial charge in [0.2, 0.25) is 0 Å². The third-order valence-electron chi connectivity index (χ3n) is 3.21. The fraction of sp³-hybridized carbons (Fsp3) is 0.0625. The number of nitrogens with two attached hydrogens (primary N) is 1. The highest BCUT2D eigenvalue weighted by molar-refractivity contribution is 9.10. The first-order valence-corrected chi connectivity index (χ1v) is 7.25. The van der Waals surface area contributed by atoms with E-state index in [0.29, 0.717) is 23.5 Å². The molecule has 5 heteroatoms. The second kappa shape index (κ2) is 5.69. The van der Waals surface area contributed by atoms with Gasteiger partial charge >= 0.3 is 0 Å². The predicted octanol–water partition coefficient (Wildman–Crippen LogP) is 4.08. The zero-order valence-electron chi connectivity index (χ0n) is 11.1. The minimum Gasteiger partial charge on any atom is -0.396 e. The van der Waals surface area contributed by atoms with Crippen LogP contribution in [0, 0.1) is 5.82 Å². The van der Waals surface area contributed by atoms with Crippen molar-refractivity contribution in [1.29, 1.82) is 0 Å². The van der Waals surface area contributed by atoms with Crippen molar-refractivity contribution >= 4 is 21.6 Å². The molecular formula is C16H13BrFN3. The summed E-state index contributed by atoms with van der Waals surface area (Å²) in [4.78, 5) is 0. The van der Waals surface area contributed by atoms with Crippen molar-refractivity contribution in [2.45, 2.75) is 6.54 Å². The lowest BCUT2D eigenvalue weighted by Crippen LogP contribution is -2.01. The zero-order valence-corrected chi connectivity index (χ0v) is 12.7. The first-order valence-electron chi connectivity index (χ1n) is 6.46. The molecule has 106 valence electrons. The highest BCUT2D eigenvalue weighted by Crippen LogP contribution is 2.27. The van der Waals surface area contributed by atoms with Crippen molar-refractivity contribution in [2.75, 3.05) is 5.73 Å². The number of nitrogens with zero attached hydrogens (tertiary/aromatic N) is 2. The summed E-state index contributed by atoms with van der Waals surface area (Å²) in [6, 6.07) is 14.4. The van der Waals surface area contributed by atoms with Gasteiger partial charge in [0.25, 0.3) is 0 Å². The van der Waals surface area contributed by atoms with Gasteiger partial charge in [0.1, 0.15) is 11.5 Å². The van der Waals surface area contributed by atoms with Crippen LogP contribution < -0.4 is 5.73 Å². The summed E-state index contributed by atoms with van der Waals surface area (Å²) in [5.74, 6) is -0.324. The Labute approximate surface area is 130 Å². The van der Waals surface area contributed by atoms with Crippen molar-refractivity contribution in [3.63, 3.8) is 0 Å². The van der Waals surface area contributed by atoms with Crippen LogP contribution in [0.3, 0.4) is 0 Å². The van der Waals surface area contributed by atoms with Gasteiger partial charge in [-0.15, -0.1) is 0 Å². The number of benzene rings is 2. The van der Waals surface area contributed by atoms with E-state index in [0.717, 1.165) is 10.0 Å². The average Bonchev–Trinajstić information content (AvgIpc) is 2.83. The van der Waals surface area contributed by atoms with Crippen LogP contribution in [0.2, 0.25) is 0 Å². The van der Waals surface area contributed by atoms with Crippen LogP contribution >= 0.6 is 15.9 Å². The summed E-state index contributed by atoms with van der Waals surface area (Å²) < 4.78 is 16.6. The van der Waals surface area contributed by atoms with Gasteiger partial charge in [0, 0.05) is 16.2 Å². The molecule has 0 unspecified atom stereocenters. The van der Waals surface area contributed by atoms with Crippen molar-refractivity contribution in [1.82, 2.24) is 9.78 Å². The topological polar surface area (TPSA) is 43.8 Å². The molecule has 0 bridgehead atoms. The first-order chi connectivity index (χ1) is 10.1. The number of hydrogen-bond donors (Lipinski definition) is 1. The summed E-state index contributed by atoms with van der Waals surface area (Å²) in [5, 5.41) is 4.41. The number of hydrogen-bond acceptors (Lipinski definition) is 2. The quantitative estimate of drug-likeness (QED) is 0.777. The Bertz CT molecular complexity index is 783. The standard InChI is InChI=1S/C16H13BrFN3/c17-13-7-3-1-5-11(13)9-21-10-15(19)16(20-21)12-6-2-4-8-14(12)18/h1-8,10H,9,19H2. The second-order valence-corrected chi connectivity index (χ2v) is 5.56. The molecular weight excluding hydrogens is 333 g/mol. The molecule has 3 rings (SSSR count). The summed E-state index contributed by atoms with van der Waals surface area (Å²) in [5.41, 5.74) is 8.41. The monoisotopic (exact) mass is 345 g/mol. The highest BCUT2D eigenvalue weighted by Gasteiger charge is 2.13. The molecule has 0 atom stereocenters. The zero-order chi connectivity index (χ0) is 14.8. The van der Waals surface area contributed by atoms with Crippen LogP contribution in [0.5, 0.6) is 0 Å². The lowest BCUT2D eigenvalue weighted by atomic mass is 10.1. The number of rotatable bonds is 3. The Morgan fingerprint density at radius 1 is 1.10 bits per heavy atom. The Morgan fingerprint density at radius 3 is 2.57 bits per heavy atom. The number of halogens is 2. The number of nitrogen functional groups attached to an aromatic ring is 1. The summed E-state index contributed by atoms with van der Waals surface area (Å²) >= 11 is 3.50. The minimum absolute atomic E-state index is 0.324. The fourth-order valence-corrected chi connectivity index (χ4v) is 2.59. The van der Waals surface area contributed by atoms with Crippen molar-refractivity contribution < 1.29 is 4.39 Å². The third-order valence-corrected chi connectivity index (χ3v) is 3.98. The number of aromatic nitrogens is 2. The molecule has 0 saturated heterocycles. The molecule has 0 aliphatic carbocycles. The summed E-state index contributed by atoms with van der Waals surface area (Å²) in [7, 11) is 0. The van der Waals surface area contributed by atoms with E-state index in [9.17, 15) is 4.39 Å². The van der Waals surface area contributed by atoms with E-state index in [4.69, 9.17) is 5.73 Å². The third kappa shape index (κ3) is 2.83. The maximum absolute atomic E-state index is 13.8. The Morgan fingerprint density at radius 2 is 1.81 bits per heavy atom. The maximum Gasteiger partial charge on any atom is 0.132 e. The lowest BCUT2D eigenvalue weighted by molar-refractivity contribution is 0.628. The van der Waals surface area contributed by atoms with E-state index in [1.165, 1.54) is 6.07 Å². The predicted molar refractivity (Wildman–Crippen MR) is 85.3 cm³/mol. The first kappa shape index (κ1) is 13.8. The largest absolute Gasteiger partial charge is 0.396 e. The molecule has 0 fully saturated rings. The van der Waals surface area contributed by atoms with Gasteiger partial charge in [-0.2, -0.15) is 5.10 Å². The molecule has 21 heavy (non-hydrogen) atoms. The van der Waals surface area contributed by atoms with Crippen molar-refractivity contribution in [3.8, 4) is 11.3 Å². The molecule has 1 heterocycles. The van der Waals surface area contributed by atoms with E-state index in [-0.39, 0.29) is 5.82 Å². The minimum atomic E-state index is -0.324. The molecule has 0 radical (unpaired) electrons. The lowest BCUT2D eigenvalue weighted by Gasteiger charge is -2.04. The van der Waals surface area contributed by atoms with Gasteiger partial charge in [-0.1, -0.05) is 46.3 Å². The van der Waals surface area contributed by atoms with Crippen LogP contribution in [0.25, 0.3) is 11.3 Å². The van der Waals surface area contributed by atoms with E-state index in [1.807, 2.05) is 24.3 Å². The Kier molecular flexibility index (Phi) is 3.75. The fourth-order valence-electron chi connectivity index (χ4n) is 2.18. The highest BCUT2D eigenvalue weighted by atomic mass is 79.9. The molecule has 2 N–H and O–H groups in total. The molecule has 0 aliphatic rings. The molecule has 1 aromatic heterocycles. The van der Waals surface area contributed by atoms with Crippen LogP contribution in [0.15, 0.2) is 59.2 Å². The van der Waals surface area contributed by atoms with E-state index < -0.39 is 0 Å². The van der Waals surface area contributed by atoms with Gasteiger partial charge in [-0.25, -0.2) is 4.39 Å². The van der Waals surface area contributed by atoms with Gasteiger partial charge in [-0.3, -0.25) is 4.68 Å². The average molecular weight is 346 g/mol. The molecule has 0 amide bonds. The summed E-state index contributed by atoms with van der Waals surface area (Å²) in [6.07, 6.45) is 1.72. The van der Waals surface area contributed by atoms with E-state index >= 15 is 0 Å². The van der Waals surface area contributed by atoms with Crippen molar-refractivity contribution in [2.24, 2.45) is 0 Å². The molecule has 0 spiro atoms. The smallest absolute Gasteiger partial charge is 0.132 e. The molecule has 0 aliphatic heterocycles. The van der Waals surface area contributed by atoms with Crippen LogP contribution in [-0.2, 0) is 6.54 Å². The Hall–Kier alpha value is -2.14. The van der Waals surface area contributed by atoms with Crippen LogP contribution in [-0.4, -0.2) is 9.78 Å². The SMILES string of the molecule is Nc1cn(Cc2ccccc2Br)nc1-c1ccccc1F. The van der Waals surface area contributed by atoms with Gasteiger partial charge in [0.15, 0.2) is 0 Å². The molecule has 3 aromatic rings. The van der Waals surface area contributed by atoms with Gasteiger partial charge in [0.05, 0.1) is 12.2 Å². The second-order valence-electron chi connectivity index (χ2n) is 4.70. The van der Waals surface area contributed by atoms with Gasteiger partial charge in [-0.05, 0) is 23.8 Å². The molecule has 0 saturated carbocycles. The normalized spacial score (nSPS) is 10.8. The van der Waals surface area contributed by atoms with Gasteiger partial charge < -0.3 is 5.73 Å². The molecule has 2 aromatic carbocycles. The van der Waals surface area contributed by atoms with Crippen molar-refractivity contribution in [3.05, 3.63) is 70.6 Å². The van der Waals surface area contributed by atoms with E-state index in [1.54, 1.807) is 29.1 Å².